The first kappa shape index (κ1) is 12.4. The lowest BCUT2D eigenvalue weighted by Crippen LogP contribution is -2.07. The molecule has 0 aliphatic rings. The fraction of sp³-hybridized carbons (Fsp3) is 0.222. The Balaban J connectivity index is 2.19. The highest BCUT2D eigenvalue weighted by molar-refractivity contribution is 8.01. The van der Waals surface area contributed by atoms with Crippen molar-refractivity contribution in [3.05, 3.63) is 17.3 Å². The molecule has 2 N–H and O–H groups in total. The zero-order valence-electron chi connectivity index (χ0n) is 9.22. The van der Waals surface area contributed by atoms with Gasteiger partial charge in [-0.3, -0.25) is 0 Å². The Morgan fingerprint density at radius 3 is 2.76 bits per heavy atom. The molecule has 8 heteroatoms. The molecule has 17 heavy (non-hydrogen) atoms. The summed E-state index contributed by atoms with van der Waals surface area (Å²) in [4.78, 5) is 6.06. The summed E-state index contributed by atoms with van der Waals surface area (Å²) in [5.74, 6) is 0. The molecule has 0 atom stereocenters. The minimum atomic E-state index is 0.525. The van der Waals surface area contributed by atoms with Gasteiger partial charge in [0.05, 0.1) is 16.9 Å². The third-order valence-corrected chi connectivity index (χ3v) is 4.35. The van der Waals surface area contributed by atoms with Crippen LogP contribution in [0.2, 0.25) is 5.02 Å². The average Bonchev–Trinajstić information content (AvgIpc) is 2.71. The second-order valence-electron chi connectivity index (χ2n) is 3.40. The van der Waals surface area contributed by atoms with Gasteiger partial charge in [0.25, 0.3) is 0 Å². The van der Waals surface area contributed by atoms with Crippen molar-refractivity contribution in [3.8, 4) is 0 Å². The van der Waals surface area contributed by atoms with Crippen molar-refractivity contribution in [1.29, 1.82) is 0 Å². The average molecular weight is 288 g/mol. The highest BCUT2D eigenvalue weighted by Crippen LogP contribution is 2.35. The molecule has 0 bridgehead atoms. The number of nitrogens with two attached hydrogens (primary N) is 1. The summed E-state index contributed by atoms with van der Waals surface area (Å²) in [6.45, 7) is 0. The third kappa shape index (κ3) is 2.99. The standard InChI is InChI=1S/C9H10ClN5S2/c1-15(2)8-13-14-9(17-8)16-7-6(10)3-5(11)4-12-7/h3-4H,11H2,1-2H3. The molecule has 0 amide bonds. The van der Waals surface area contributed by atoms with Gasteiger partial charge in [-0.2, -0.15) is 0 Å². The molecular weight excluding hydrogens is 278 g/mol. The van der Waals surface area contributed by atoms with Gasteiger partial charge in [0.15, 0.2) is 4.34 Å². The van der Waals surface area contributed by atoms with E-state index in [0.717, 1.165) is 9.47 Å². The van der Waals surface area contributed by atoms with Crippen molar-refractivity contribution in [2.45, 2.75) is 9.37 Å². The minimum absolute atomic E-state index is 0.525. The Hall–Kier alpha value is -1.05. The molecule has 2 aromatic heterocycles. The van der Waals surface area contributed by atoms with Gasteiger partial charge < -0.3 is 10.6 Å². The van der Waals surface area contributed by atoms with Crippen LogP contribution in [0.25, 0.3) is 0 Å². The maximum absolute atomic E-state index is 6.03. The summed E-state index contributed by atoms with van der Waals surface area (Å²) >= 11 is 8.90. The van der Waals surface area contributed by atoms with Crippen LogP contribution in [0.3, 0.4) is 0 Å². The summed E-state index contributed by atoms with van der Waals surface area (Å²) in [7, 11) is 3.84. The van der Waals surface area contributed by atoms with Gasteiger partial charge in [-0.05, 0) is 17.8 Å². The zero-order chi connectivity index (χ0) is 12.4. The number of nitrogen functional groups attached to an aromatic ring is 1. The lowest BCUT2D eigenvalue weighted by Gasteiger charge is -2.03. The molecule has 0 unspecified atom stereocenters. The number of pyridine rings is 1. The number of nitrogens with zero attached hydrogens (tertiary/aromatic N) is 4. The number of halogens is 1. The topological polar surface area (TPSA) is 67.9 Å². The summed E-state index contributed by atoms with van der Waals surface area (Å²) < 4.78 is 0.799. The predicted octanol–water partition coefficient (Wildman–Crippen LogP) is 2.39. The van der Waals surface area contributed by atoms with Crippen molar-refractivity contribution < 1.29 is 0 Å². The van der Waals surface area contributed by atoms with Crippen molar-refractivity contribution in [2.24, 2.45) is 0 Å². The second kappa shape index (κ2) is 5.07. The number of hydrogen-bond donors (Lipinski definition) is 1. The molecule has 0 aliphatic carbocycles. The lowest BCUT2D eigenvalue weighted by molar-refractivity contribution is 0.970. The van der Waals surface area contributed by atoms with Crippen molar-refractivity contribution in [1.82, 2.24) is 15.2 Å². The van der Waals surface area contributed by atoms with Crippen LogP contribution >= 0.6 is 34.7 Å². The summed E-state index contributed by atoms with van der Waals surface area (Å²) in [5.41, 5.74) is 6.12. The van der Waals surface area contributed by atoms with Crippen LogP contribution in [0.15, 0.2) is 21.6 Å². The highest BCUT2D eigenvalue weighted by Gasteiger charge is 2.10. The fourth-order valence-electron chi connectivity index (χ4n) is 1.02. The van der Waals surface area contributed by atoms with Crippen LogP contribution in [-0.4, -0.2) is 29.3 Å². The van der Waals surface area contributed by atoms with Crippen LogP contribution in [0, 0.1) is 0 Å². The van der Waals surface area contributed by atoms with E-state index >= 15 is 0 Å². The molecule has 0 saturated carbocycles. The molecule has 2 aromatic rings. The largest absolute Gasteiger partial charge is 0.397 e. The van der Waals surface area contributed by atoms with E-state index in [2.05, 4.69) is 15.2 Å². The molecule has 5 nitrogen and oxygen atoms in total. The van der Waals surface area contributed by atoms with Crippen LogP contribution in [-0.2, 0) is 0 Å². The van der Waals surface area contributed by atoms with E-state index in [4.69, 9.17) is 17.3 Å². The number of hydrogen-bond acceptors (Lipinski definition) is 7. The van der Waals surface area contributed by atoms with E-state index in [1.54, 1.807) is 12.3 Å². The van der Waals surface area contributed by atoms with E-state index in [-0.39, 0.29) is 0 Å². The van der Waals surface area contributed by atoms with Crippen LogP contribution in [0.4, 0.5) is 10.8 Å². The Kier molecular flexibility index (Phi) is 3.70. The summed E-state index contributed by atoms with van der Waals surface area (Å²) in [6, 6.07) is 1.67. The van der Waals surface area contributed by atoms with Gasteiger partial charge in [0.1, 0.15) is 5.03 Å². The van der Waals surface area contributed by atoms with Crippen LogP contribution in [0.1, 0.15) is 0 Å². The molecule has 0 saturated heterocycles. The SMILES string of the molecule is CN(C)c1nnc(Sc2ncc(N)cc2Cl)s1. The molecular formula is C9H10ClN5S2. The van der Waals surface area contributed by atoms with Crippen molar-refractivity contribution in [2.75, 3.05) is 24.7 Å². The van der Waals surface area contributed by atoms with E-state index in [1.807, 2.05) is 19.0 Å². The maximum atomic E-state index is 6.03. The van der Waals surface area contributed by atoms with Crippen LogP contribution in [0.5, 0.6) is 0 Å². The highest BCUT2D eigenvalue weighted by atomic mass is 35.5. The van der Waals surface area contributed by atoms with E-state index in [0.29, 0.717) is 15.7 Å². The van der Waals surface area contributed by atoms with Gasteiger partial charge >= 0.3 is 0 Å². The molecule has 90 valence electrons. The molecule has 0 fully saturated rings. The predicted molar refractivity (Wildman–Crippen MR) is 72.0 cm³/mol. The molecule has 2 rings (SSSR count). The monoisotopic (exact) mass is 287 g/mol. The first-order chi connectivity index (χ1) is 8.06. The summed E-state index contributed by atoms with van der Waals surface area (Å²) in [5, 5.41) is 10.1. The van der Waals surface area contributed by atoms with Crippen LogP contribution < -0.4 is 10.6 Å². The minimum Gasteiger partial charge on any atom is -0.397 e. The van der Waals surface area contributed by atoms with Gasteiger partial charge in [-0.1, -0.05) is 22.9 Å². The Bertz CT molecular complexity index is 528. The fourth-order valence-corrected chi connectivity index (χ4v) is 2.95. The normalized spacial score (nSPS) is 10.5. The lowest BCUT2D eigenvalue weighted by atomic mass is 10.4. The molecule has 0 aromatic carbocycles. The second-order valence-corrected chi connectivity index (χ2v) is 6.00. The van der Waals surface area contributed by atoms with Gasteiger partial charge in [-0.25, -0.2) is 4.98 Å². The molecule has 0 radical (unpaired) electrons. The maximum Gasteiger partial charge on any atom is 0.208 e. The molecule has 0 spiro atoms. The van der Waals surface area contributed by atoms with Gasteiger partial charge in [0.2, 0.25) is 5.13 Å². The number of aromatic nitrogens is 3. The van der Waals surface area contributed by atoms with Crippen molar-refractivity contribution in [3.63, 3.8) is 0 Å². The van der Waals surface area contributed by atoms with Crippen molar-refractivity contribution >= 4 is 45.5 Å². The van der Waals surface area contributed by atoms with E-state index in [1.165, 1.54) is 23.1 Å². The number of anilines is 2. The number of rotatable bonds is 3. The molecule has 0 aliphatic heterocycles. The summed E-state index contributed by atoms with van der Waals surface area (Å²) in [6.07, 6.45) is 1.57. The van der Waals surface area contributed by atoms with E-state index < -0.39 is 0 Å². The van der Waals surface area contributed by atoms with E-state index in [9.17, 15) is 0 Å². The first-order valence-electron chi connectivity index (χ1n) is 4.66. The van der Waals surface area contributed by atoms with Gasteiger partial charge in [-0.15, -0.1) is 10.2 Å². The first-order valence-corrected chi connectivity index (χ1v) is 6.67. The Labute approximate surface area is 112 Å². The smallest absolute Gasteiger partial charge is 0.208 e. The molecule has 2 heterocycles. The quantitative estimate of drug-likeness (QED) is 0.935. The zero-order valence-corrected chi connectivity index (χ0v) is 11.6. The third-order valence-electron chi connectivity index (χ3n) is 1.79. The Morgan fingerprint density at radius 1 is 1.41 bits per heavy atom. The Morgan fingerprint density at radius 2 is 2.18 bits per heavy atom. The van der Waals surface area contributed by atoms with Gasteiger partial charge in [0, 0.05) is 14.1 Å².